The van der Waals surface area contributed by atoms with Gasteiger partial charge < -0.3 is 20.1 Å². The molecular weight excluding hydrogens is 374 g/mol. The number of rotatable bonds is 5. The van der Waals surface area contributed by atoms with Gasteiger partial charge in [0.05, 0.1) is 12.2 Å². The van der Waals surface area contributed by atoms with E-state index in [4.69, 9.17) is 0 Å². The lowest BCUT2D eigenvalue weighted by Gasteiger charge is -2.10. The Kier molecular flexibility index (Phi) is 4.26. The van der Waals surface area contributed by atoms with E-state index in [1.807, 2.05) is 19.1 Å². The Labute approximate surface area is 157 Å². The van der Waals surface area contributed by atoms with Crippen molar-refractivity contribution in [3.63, 3.8) is 0 Å². The van der Waals surface area contributed by atoms with Gasteiger partial charge in [0.15, 0.2) is 11.5 Å². The summed E-state index contributed by atoms with van der Waals surface area (Å²) in [5, 5.41) is 16.6. The summed E-state index contributed by atoms with van der Waals surface area (Å²) in [6.07, 6.45) is -2.21. The van der Waals surface area contributed by atoms with Crippen LogP contribution in [0.15, 0.2) is 42.7 Å². The van der Waals surface area contributed by atoms with Crippen LogP contribution in [-0.4, -0.2) is 39.0 Å². The van der Waals surface area contributed by atoms with Gasteiger partial charge in [-0.15, -0.1) is 13.9 Å². The van der Waals surface area contributed by atoms with Gasteiger partial charge in [-0.05, 0) is 53.2 Å². The Balaban J connectivity index is 1.36. The molecule has 2 N–H and O–H groups in total. The summed E-state index contributed by atoms with van der Waals surface area (Å²) >= 11 is 0. The number of hydrogen-bond donors (Lipinski definition) is 2. The molecule has 1 aromatic heterocycles. The van der Waals surface area contributed by atoms with E-state index in [0.29, 0.717) is 5.69 Å². The smallest absolute Gasteiger partial charge is 0.395 e. The molecule has 0 radical (unpaired) electrons. The van der Waals surface area contributed by atoms with Crippen LogP contribution in [0.25, 0.3) is 5.69 Å². The van der Waals surface area contributed by atoms with Crippen molar-refractivity contribution in [2.45, 2.75) is 13.2 Å². The van der Waals surface area contributed by atoms with Crippen molar-refractivity contribution in [3.05, 3.63) is 48.3 Å². The molecule has 28 heavy (non-hydrogen) atoms. The lowest BCUT2D eigenvalue weighted by Crippen LogP contribution is -2.25. The monoisotopic (exact) mass is 388 g/mol. The highest BCUT2D eigenvalue weighted by atomic mass is 19.3. The molecule has 9 nitrogen and oxygen atoms in total. The first kappa shape index (κ1) is 17.6. The van der Waals surface area contributed by atoms with Gasteiger partial charge in [0.2, 0.25) is 5.91 Å². The number of amides is 1. The van der Waals surface area contributed by atoms with Gasteiger partial charge in [0.25, 0.3) is 0 Å². The minimum absolute atomic E-state index is 0.0196. The van der Waals surface area contributed by atoms with Gasteiger partial charge in [-0.2, -0.15) is 0 Å². The van der Waals surface area contributed by atoms with Gasteiger partial charge in [-0.1, -0.05) is 0 Å². The summed E-state index contributed by atoms with van der Waals surface area (Å²) in [6.45, 7) is 1.87. The van der Waals surface area contributed by atoms with Crippen molar-refractivity contribution in [2.75, 3.05) is 17.2 Å². The lowest BCUT2D eigenvalue weighted by atomic mass is 10.2. The van der Waals surface area contributed by atoms with Gasteiger partial charge in [-0.25, -0.2) is 4.68 Å². The molecule has 1 aliphatic rings. The van der Waals surface area contributed by atoms with Crippen molar-refractivity contribution in [2.24, 2.45) is 0 Å². The first-order valence-electron chi connectivity index (χ1n) is 8.17. The number of anilines is 2. The molecule has 144 valence electrons. The fourth-order valence-corrected chi connectivity index (χ4v) is 2.71. The molecule has 0 bridgehead atoms. The maximum absolute atomic E-state index is 13.0. The number of benzene rings is 2. The number of hydrogen-bond acceptors (Lipinski definition) is 7. The third kappa shape index (κ3) is 3.68. The SMILES string of the molecule is Cc1cc(NCC(=O)Nc2ccc3c(c2)OC(F)(F)O3)ccc1-n1cnnn1. The third-order valence-corrected chi connectivity index (χ3v) is 3.93. The van der Waals surface area contributed by atoms with Crippen LogP contribution in [0.3, 0.4) is 0 Å². The zero-order valence-corrected chi connectivity index (χ0v) is 14.5. The number of alkyl halides is 2. The van der Waals surface area contributed by atoms with E-state index in [2.05, 4.69) is 35.6 Å². The molecule has 0 saturated carbocycles. The van der Waals surface area contributed by atoms with E-state index in [1.165, 1.54) is 29.2 Å². The lowest BCUT2D eigenvalue weighted by molar-refractivity contribution is -0.286. The molecule has 0 fully saturated rings. The molecule has 2 heterocycles. The molecule has 4 rings (SSSR count). The highest BCUT2D eigenvalue weighted by Gasteiger charge is 2.43. The molecule has 11 heteroatoms. The number of nitrogens with one attached hydrogen (secondary N) is 2. The Hall–Kier alpha value is -3.76. The van der Waals surface area contributed by atoms with E-state index in [-0.39, 0.29) is 24.0 Å². The summed E-state index contributed by atoms with van der Waals surface area (Å²) in [4.78, 5) is 12.1. The van der Waals surface area contributed by atoms with E-state index in [0.717, 1.165) is 16.9 Å². The van der Waals surface area contributed by atoms with Crippen LogP contribution >= 0.6 is 0 Å². The predicted molar refractivity (Wildman–Crippen MR) is 93.7 cm³/mol. The van der Waals surface area contributed by atoms with Crippen molar-refractivity contribution in [1.29, 1.82) is 0 Å². The summed E-state index contributed by atoms with van der Waals surface area (Å²) < 4.78 is 36.3. The molecule has 0 spiro atoms. The number of aromatic nitrogens is 4. The van der Waals surface area contributed by atoms with Crippen molar-refractivity contribution in [3.8, 4) is 17.2 Å². The molecule has 3 aromatic rings. The largest absolute Gasteiger partial charge is 0.586 e. The number of tetrazole rings is 1. The number of aryl methyl sites for hydroxylation is 1. The maximum Gasteiger partial charge on any atom is 0.586 e. The van der Waals surface area contributed by atoms with Crippen LogP contribution in [0.1, 0.15) is 5.56 Å². The van der Waals surface area contributed by atoms with Gasteiger partial charge in [0.1, 0.15) is 6.33 Å². The fourth-order valence-electron chi connectivity index (χ4n) is 2.71. The number of halogens is 2. The summed E-state index contributed by atoms with van der Waals surface area (Å²) in [7, 11) is 0. The Bertz CT molecular complexity index is 1030. The zero-order chi connectivity index (χ0) is 19.7. The second kappa shape index (κ2) is 6.76. The summed E-state index contributed by atoms with van der Waals surface area (Å²) in [6, 6.07) is 9.50. The second-order valence-electron chi connectivity index (χ2n) is 5.99. The summed E-state index contributed by atoms with van der Waals surface area (Å²) in [5.41, 5.74) is 2.78. The minimum atomic E-state index is -3.70. The Morgan fingerprint density at radius 1 is 1.14 bits per heavy atom. The second-order valence-corrected chi connectivity index (χ2v) is 5.99. The number of nitrogens with zero attached hydrogens (tertiary/aromatic N) is 4. The van der Waals surface area contributed by atoms with Gasteiger partial charge in [0, 0.05) is 17.4 Å². The normalized spacial score (nSPS) is 14.0. The molecular formula is C17H14F2N6O3. The van der Waals surface area contributed by atoms with Crippen molar-refractivity contribution in [1.82, 2.24) is 20.2 Å². The van der Waals surface area contributed by atoms with Crippen LogP contribution in [0.2, 0.25) is 0 Å². The Morgan fingerprint density at radius 2 is 1.93 bits per heavy atom. The molecule has 0 saturated heterocycles. The average Bonchev–Trinajstić information content (AvgIpc) is 3.26. The number of ether oxygens (including phenoxy) is 2. The van der Waals surface area contributed by atoms with Gasteiger partial charge >= 0.3 is 6.29 Å². The minimum Gasteiger partial charge on any atom is -0.395 e. The number of fused-ring (bicyclic) bond motifs is 1. The van der Waals surface area contributed by atoms with E-state index < -0.39 is 6.29 Å². The van der Waals surface area contributed by atoms with Crippen LogP contribution < -0.4 is 20.1 Å². The van der Waals surface area contributed by atoms with Crippen LogP contribution in [0.5, 0.6) is 11.5 Å². The molecule has 1 amide bonds. The standard InChI is InChI=1S/C17H14F2N6O3/c1-10-6-11(2-4-13(10)25-9-21-23-24-25)20-8-16(26)22-12-3-5-14-15(7-12)28-17(18,19)27-14/h2-7,9,20H,8H2,1H3,(H,22,26). The highest BCUT2D eigenvalue weighted by Crippen LogP contribution is 2.42. The van der Waals surface area contributed by atoms with Crippen LogP contribution in [-0.2, 0) is 4.79 Å². The first-order chi connectivity index (χ1) is 13.4. The third-order valence-electron chi connectivity index (χ3n) is 3.93. The highest BCUT2D eigenvalue weighted by molar-refractivity contribution is 5.94. The average molecular weight is 388 g/mol. The van der Waals surface area contributed by atoms with E-state index in [1.54, 1.807) is 6.07 Å². The topological polar surface area (TPSA) is 103 Å². The van der Waals surface area contributed by atoms with Gasteiger partial charge in [-0.3, -0.25) is 4.79 Å². The van der Waals surface area contributed by atoms with E-state index >= 15 is 0 Å². The molecule has 1 aliphatic heterocycles. The van der Waals surface area contributed by atoms with E-state index in [9.17, 15) is 13.6 Å². The fraction of sp³-hybridized carbons (Fsp3) is 0.176. The number of carbonyl (C=O) groups excluding carboxylic acids is 1. The summed E-state index contributed by atoms with van der Waals surface area (Å²) in [5.74, 6) is -0.573. The molecule has 0 aliphatic carbocycles. The van der Waals surface area contributed by atoms with Crippen LogP contribution in [0.4, 0.5) is 20.2 Å². The first-order valence-corrected chi connectivity index (χ1v) is 8.17. The van der Waals surface area contributed by atoms with Crippen molar-refractivity contribution >= 4 is 17.3 Å². The Morgan fingerprint density at radius 3 is 2.68 bits per heavy atom. The molecule has 0 atom stereocenters. The molecule has 2 aromatic carbocycles. The maximum atomic E-state index is 13.0. The number of carbonyl (C=O) groups is 1. The van der Waals surface area contributed by atoms with Crippen LogP contribution in [0, 0.1) is 6.92 Å². The quantitative estimate of drug-likeness (QED) is 0.691. The zero-order valence-electron chi connectivity index (χ0n) is 14.5. The molecule has 0 unspecified atom stereocenters. The van der Waals surface area contributed by atoms with Crippen molar-refractivity contribution < 1.29 is 23.0 Å². The predicted octanol–water partition coefficient (Wildman–Crippen LogP) is 2.34.